The molecule has 0 aromatic rings. The van der Waals surface area contributed by atoms with Gasteiger partial charge < -0.3 is 15.2 Å². The van der Waals surface area contributed by atoms with Crippen LogP contribution in [0.2, 0.25) is 0 Å². The summed E-state index contributed by atoms with van der Waals surface area (Å²) in [5, 5.41) is 11.0. The molecule has 6 nitrogen and oxygen atoms in total. The number of carbonyl (C=O) groups is 3. The minimum atomic E-state index is -1.03. The molecule has 0 fully saturated rings. The van der Waals surface area contributed by atoms with E-state index in [-0.39, 0.29) is 24.5 Å². The van der Waals surface area contributed by atoms with Crippen LogP contribution in [0.3, 0.4) is 0 Å². The van der Waals surface area contributed by atoms with Gasteiger partial charge in [0.1, 0.15) is 12.6 Å². The van der Waals surface area contributed by atoms with Gasteiger partial charge in [0.15, 0.2) is 0 Å². The molecule has 1 atom stereocenters. The number of aliphatic carboxylic acids is 1. The zero-order valence-corrected chi connectivity index (χ0v) is 26.6. The minimum Gasteiger partial charge on any atom is -0.480 e. The van der Waals surface area contributed by atoms with Gasteiger partial charge in [-0.3, -0.25) is 14.4 Å². The maximum atomic E-state index is 12.5. The predicted octanol–water partition coefficient (Wildman–Crippen LogP) is 9.61. The van der Waals surface area contributed by atoms with Crippen molar-refractivity contribution in [2.45, 2.75) is 174 Å². The van der Waals surface area contributed by atoms with Crippen LogP contribution in [0.15, 0.2) is 24.3 Å². The van der Waals surface area contributed by atoms with Crippen LogP contribution in [-0.4, -0.2) is 35.6 Å². The molecule has 0 saturated heterocycles. The van der Waals surface area contributed by atoms with E-state index in [4.69, 9.17) is 9.84 Å². The van der Waals surface area contributed by atoms with E-state index in [0.29, 0.717) is 12.8 Å². The average Bonchev–Trinajstić information content (AvgIpc) is 2.95. The molecule has 1 amide bonds. The number of allylic oxidation sites excluding steroid dienone is 3. The smallest absolute Gasteiger partial charge is 0.322 e. The highest BCUT2D eigenvalue weighted by Gasteiger charge is 2.12. The van der Waals surface area contributed by atoms with Gasteiger partial charge in [0.25, 0.3) is 0 Å². The number of carboxylic acids is 1. The lowest BCUT2D eigenvalue weighted by molar-refractivity contribution is -0.147. The highest BCUT2D eigenvalue weighted by atomic mass is 16.5. The quantitative estimate of drug-likeness (QED) is 0.0504. The number of unbranched alkanes of at least 4 members (excludes halogenated alkanes) is 17. The summed E-state index contributed by atoms with van der Waals surface area (Å²) < 4.78 is 5.82. The molecule has 0 rings (SSSR count). The lowest BCUT2D eigenvalue weighted by Crippen LogP contribution is -2.28. The highest BCUT2D eigenvalue weighted by molar-refractivity contribution is 5.80. The van der Waals surface area contributed by atoms with E-state index in [9.17, 15) is 14.4 Å². The first-order valence-corrected chi connectivity index (χ1v) is 17.0. The maximum Gasteiger partial charge on any atom is 0.322 e. The Morgan fingerprint density at radius 2 is 1.12 bits per heavy atom. The van der Waals surface area contributed by atoms with Gasteiger partial charge in [0, 0.05) is 12.8 Å². The first kappa shape index (κ1) is 38.9. The van der Waals surface area contributed by atoms with Crippen molar-refractivity contribution in [2.24, 2.45) is 0 Å². The molecular formula is C35H63NO5. The van der Waals surface area contributed by atoms with Crippen LogP contribution in [-0.2, 0) is 19.1 Å². The molecule has 0 aromatic heterocycles. The topological polar surface area (TPSA) is 92.7 Å². The molecule has 0 bridgehead atoms. The number of carbonyl (C=O) groups excluding carboxylic acids is 2. The SMILES string of the molecule is CCCCC/C=C\C(CCCCCCC(=O)NCC(=O)O)OC(=O)CCCCCCC/C=C\CCCCCCCC. The van der Waals surface area contributed by atoms with Crippen molar-refractivity contribution < 1.29 is 24.2 Å². The molecule has 0 aliphatic rings. The number of ether oxygens (including phenoxy) is 1. The Hall–Kier alpha value is -2.11. The van der Waals surface area contributed by atoms with Crippen molar-refractivity contribution in [3.05, 3.63) is 24.3 Å². The molecule has 1 unspecified atom stereocenters. The van der Waals surface area contributed by atoms with Crippen LogP contribution in [0.1, 0.15) is 168 Å². The van der Waals surface area contributed by atoms with Crippen LogP contribution in [0.25, 0.3) is 0 Å². The lowest BCUT2D eigenvalue weighted by atomic mass is 10.1. The maximum absolute atomic E-state index is 12.5. The second-order valence-electron chi connectivity index (χ2n) is 11.4. The molecule has 0 spiro atoms. The minimum absolute atomic E-state index is 0.0964. The van der Waals surface area contributed by atoms with Crippen molar-refractivity contribution in [1.29, 1.82) is 0 Å². The van der Waals surface area contributed by atoms with E-state index in [1.54, 1.807) is 0 Å². The molecule has 2 N–H and O–H groups in total. The number of carboxylic acid groups (broad SMARTS) is 1. The number of esters is 1. The fraction of sp³-hybridized carbons (Fsp3) is 0.800. The largest absolute Gasteiger partial charge is 0.480 e. The molecule has 41 heavy (non-hydrogen) atoms. The number of nitrogens with one attached hydrogen (secondary N) is 1. The molecule has 0 aliphatic carbocycles. The Morgan fingerprint density at radius 1 is 0.634 bits per heavy atom. The average molecular weight is 578 g/mol. The van der Waals surface area contributed by atoms with E-state index in [1.807, 2.05) is 0 Å². The first-order valence-electron chi connectivity index (χ1n) is 17.0. The number of hydrogen-bond acceptors (Lipinski definition) is 4. The number of amides is 1. The standard InChI is InChI=1S/C35H63NO5/c1-3-5-7-9-10-11-12-13-14-15-16-17-18-20-26-30-35(40)41-32(27-23-19-8-6-4-2)28-24-21-22-25-29-33(37)36-31-34(38)39/h13-14,23,27,32H,3-12,15-22,24-26,28-31H2,1-2H3,(H,36,37)(H,38,39)/b14-13-,27-23-. The molecule has 0 aromatic carbocycles. The zero-order valence-electron chi connectivity index (χ0n) is 26.6. The van der Waals surface area contributed by atoms with Gasteiger partial charge in [-0.15, -0.1) is 0 Å². The van der Waals surface area contributed by atoms with Crippen LogP contribution >= 0.6 is 0 Å². The van der Waals surface area contributed by atoms with E-state index in [1.165, 1.54) is 83.5 Å². The summed E-state index contributed by atoms with van der Waals surface area (Å²) in [5.41, 5.74) is 0. The summed E-state index contributed by atoms with van der Waals surface area (Å²) in [6.45, 7) is 4.13. The van der Waals surface area contributed by atoms with Gasteiger partial charge in [-0.25, -0.2) is 0 Å². The Balaban J connectivity index is 4.02. The van der Waals surface area contributed by atoms with E-state index in [2.05, 4.69) is 43.5 Å². The van der Waals surface area contributed by atoms with Crippen LogP contribution in [0.4, 0.5) is 0 Å². The predicted molar refractivity (Wildman–Crippen MR) is 171 cm³/mol. The lowest BCUT2D eigenvalue weighted by Gasteiger charge is -2.15. The monoisotopic (exact) mass is 577 g/mol. The Kier molecular flexibility index (Phi) is 29.3. The Bertz CT molecular complexity index is 688. The molecule has 6 heteroatoms. The van der Waals surface area contributed by atoms with Gasteiger partial charge in [0.05, 0.1) is 0 Å². The summed E-state index contributed by atoms with van der Waals surface area (Å²) >= 11 is 0. The summed E-state index contributed by atoms with van der Waals surface area (Å²) in [4.78, 5) is 34.6. The van der Waals surface area contributed by atoms with Crippen molar-refractivity contribution in [3.8, 4) is 0 Å². The number of hydrogen-bond donors (Lipinski definition) is 2. The summed E-state index contributed by atoms with van der Waals surface area (Å²) in [5.74, 6) is -1.34. The fourth-order valence-electron chi connectivity index (χ4n) is 4.77. The summed E-state index contributed by atoms with van der Waals surface area (Å²) in [6.07, 6.45) is 34.6. The number of rotatable bonds is 30. The van der Waals surface area contributed by atoms with Crippen molar-refractivity contribution in [2.75, 3.05) is 6.54 Å². The van der Waals surface area contributed by atoms with Gasteiger partial charge in [-0.2, -0.15) is 0 Å². The molecule has 0 saturated carbocycles. The Morgan fingerprint density at radius 3 is 1.76 bits per heavy atom. The normalized spacial score (nSPS) is 12.2. The molecular weight excluding hydrogens is 514 g/mol. The molecule has 0 aliphatic heterocycles. The highest BCUT2D eigenvalue weighted by Crippen LogP contribution is 2.15. The van der Waals surface area contributed by atoms with Crippen LogP contribution in [0.5, 0.6) is 0 Å². The van der Waals surface area contributed by atoms with Gasteiger partial charge in [-0.05, 0) is 70.3 Å². The van der Waals surface area contributed by atoms with Gasteiger partial charge >= 0.3 is 11.9 Å². The zero-order chi connectivity index (χ0) is 30.2. The molecule has 238 valence electrons. The third kappa shape index (κ3) is 30.7. The van der Waals surface area contributed by atoms with Gasteiger partial charge in [-0.1, -0.05) is 109 Å². The van der Waals surface area contributed by atoms with E-state index in [0.717, 1.165) is 57.8 Å². The summed E-state index contributed by atoms with van der Waals surface area (Å²) in [7, 11) is 0. The third-order valence-electron chi connectivity index (χ3n) is 7.33. The summed E-state index contributed by atoms with van der Waals surface area (Å²) in [6, 6.07) is 0. The van der Waals surface area contributed by atoms with Crippen LogP contribution in [0, 0.1) is 0 Å². The van der Waals surface area contributed by atoms with Gasteiger partial charge in [0.2, 0.25) is 5.91 Å². The molecule has 0 radical (unpaired) electrons. The van der Waals surface area contributed by atoms with E-state index < -0.39 is 5.97 Å². The van der Waals surface area contributed by atoms with Crippen LogP contribution < -0.4 is 5.32 Å². The first-order chi connectivity index (χ1) is 20.0. The second-order valence-corrected chi connectivity index (χ2v) is 11.4. The molecule has 0 heterocycles. The fourth-order valence-corrected chi connectivity index (χ4v) is 4.77. The van der Waals surface area contributed by atoms with Crippen molar-refractivity contribution in [3.63, 3.8) is 0 Å². The Labute approximate surface area is 252 Å². The van der Waals surface area contributed by atoms with Crippen molar-refractivity contribution in [1.82, 2.24) is 5.32 Å². The van der Waals surface area contributed by atoms with E-state index >= 15 is 0 Å². The van der Waals surface area contributed by atoms with Crippen molar-refractivity contribution >= 4 is 17.8 Å². The third-order valence-corrected chi connectivity index (χ3v) is 7.33. The second kappa shape index (κ2) is 30.8.